The van der Waals surface area contributed by atoms with Crippen LogP contribution in [0.4, 0.5) is 16.2 Å². The Kier molecular flexibility index (Phi) is 3.99. The maximum atomic E-state index is 12.6. The number of non-ortho nitro benzene ring substituents is 1. The van der Waals surface area contributed by atoms with E-state index in [9.17, 15) is 19.7 Å². The summed E-state index contributed by atoms with van der Waals surface area (Å²) in [4.78, 5) is 37.9. The highest BCUT2D eigenvalue weighted by molar-refractivity contribution is 6.13. The number of benzene rings is 2. The fourth-order valence-corrected chi connectivity index (χ4v) is 2.70. The van der Waals surface area contributed by atoms with Gasteiger partial charge in [-0.2, -0.15) is 0 Å². The first-order valence-corrected chi connectivity index (χ1v) is 7.42. The number of para-hydroxylation sites is 1. The Morgan fingerprint density at radius 3 is 2.25 bits per heavy atom. The number of carbonyl (C=O) groups excluding carboxylic acids is 2. The van der Waals surface area contributed by atoms with Crippen LogP contribution in [0.3, 0.4) is 0 Å². The van der Waals surface area contributed by atoms with Crippen molar-refractivity contribution < 1.29 is 14.5 Å². The molecule has 3 rings (SSSR count). The van der Waals surface area contributed by atoms with Crippen LogP contribution in [-0.4, -0.2) is 27.8 Å². The Hall–Kier alpha value is -3.22. The van der Waals surface area contributed by atoms with Gasteiger partial charge in [0, 0.05) is 17.8 Å². The lowest BCUT2D eigenvalue weighted by Crippen LogP contribution is -2.33. The third kappa shape index (κ3) is 2.71. The lowest BCUT2D eigenvalue weighted by Gasteiger charge is -2.19. The number of carbonyl (C=O) groups is 2. The molecule has 7 heteroatoms. The summed E-state index contributed by atoms with van der Waals surface area (Å²) in [6, 6.07) is 13.8. The van der Waals surface area contributed by atoms with Crippen molar-refractivity contribution in [3.05, 3.63) is 70.3 Å². The van der Waals surface area contributed by atoms with Gasteiger partial charge in [-0.3, -0.25) is 24.7 Å². The molecule has 2 aromatic rings. The van der Waals surface area contributed by atoms with Crippen LogP contribution in [0.5, 0.6) is 0 Å². The van der Waals surface area contributed by atoms with E-state index in [0.717, 1.165) is 0 Å². The number of amides is 3. The molecule has 0 aliphatic carbocycles. The van der Waals surface area contributed by atoms with Crippen molar-refractivity contribution >= 4 is 23.3 Å². The van der Waals surface area contributed by atoms with E-state index in [-0.39, 0.29) is 18.1 Å². The molecule has 7 nitrogen and oxygen atoms in total. The molecule has 1 heterocycles. The van der Waals surface area contributed by atoms with Crippen molar-refractivity contribution in [2.45, 2.75) is 19.5 Å². The topological polar surface area (TPSA) is 83.8 Å². The van der Waals surface area contributed by atoms with E-state index in [4.69, 9.17) is 0 Å². The van der Waals surface area contributed by atoms with Gasteiger partial charge in [0.2, 0.25) is 0 Å². The van der Waals surface area contributed by atoms with Gasteiger partial charge >= 0.3 is 6.03 Å². The maximum Gasteiger partial charge on any atom is 0.332 e. The highest BCUT2D eigenvalue weighted by Gasteiger charge is 2.43. The van der Waals surface area contributed by atoms with Gasteiger partial charge in [-0.1, -0.05) is 30.3 Å². The summed E-state index contributed by atoms with van der Waals surface area (Å²) < 4.78 is 0. The lowest BCUT2D eigenvalue weighted by atomic mass is 10.2. The number of hydrogen-bond acceptors (Lipinski definition) is 4. The summed E-state index contributed by atoms with van der Waals surface area (Å²) >= 11 is 0. The Labute approximate surface area is 138 Å². The zero-order valence-electron chi connectivity index (χ0n) is 13.0. The molecule has 1 atom stereocenters. The Balaban J connectivity index is 1.82. The van der Waals surface area contributed by atoms with Crippen molar-refractivity contribution in [2.75, 3.05) is 4.90 Å². The van der Waals surface area contributed by atoms with Crippen LogP contribution in [0.1, 0.15) is 12.5 Å². The number of anilines is 1. The predicted octanol–water partition coefficient (Wildman–Crippen LogP) is 2.95. The van der Waals surface area contributed by atoms with E-state index in [2.05, 4.69) is 0 Å². The van der Waals surface area contributed by atoms with Gasteiger partial charge in [0.1, 0.15) is 6.04 Å². The van der Waals surface area contributed by atoms with E-state index in [1.165, 1.54) is 21.9 Å². The van der Waals surface area contributed by atoms with Crippen LogP contribution in [0.15, 0.2) is 54.6 Å². The van der Waals surface area contributed by atoms with Crippen LogP contribution in [0, 0.1) is 10.1 Å². The number of urea groups is 1. The van der Waals surface area contributed by atoms with Crippen molar-refractivity contribution in [3.8, 4) is 0 Å². The smallest absolute Gasteiger partial charge is 0.282 e. The highest BCUT2D eigenvalue weighted by atomic mass is 16.6. The van der Waals surface area contributed by atoms with Gasteiger partial charge in [-0.15, -0.1) is 0 Å². The zero-order chi connectivity index (χ0) is 17.3. The largest absolute Gasteiger partial charge is 0.332 e. The fraction of sp³-hybridized carbons (Fsp3) is 0.176. The molecule has 0 N–H and O–H groups in total. The zero-order valence-corrected chi connectivity index (χ0v) is 13.0. The van der Waals surface area contributed by atoms with E-state index in [0.29, 0.717) is 11.3 Å². The summed E-state index contributed by atoms with van der Waals surface area (Å²) in [5, 5.41) is 10.7. The first-order chi connectivity index (χ1) is 11.5. The Bertz CT molecular complexity index is 789. The molecule has 2 aromatic carbocycles. The lowest BCUT2D eigenvalue weighted by molar-refractivity contribution is -0.384. The summed E-state index contributed by atoms with van der Waals surface area (Å²) in [5.41, 5.74) is 1.29. The third-order valence-electron chi connectivity index (χ3n) is 3.97. The number of rotatable bonds is 4. The Morgan fingerprint density at radius 1 is 1.04 bits per heavy atom. The van der Waals surface area contributed by atoms with Crippen molar-refractivity contribution in [3.63, 3.8) is 0 Å². The van der Waals surface area contributed by atoms with Gasteiger partial charge in [0.05, 0.1) is 11.5 Å². The van der Waals surface area contributed by atoms with Gasteiger partial charge in [0.15, 0.2) is 0 Å². The molecule has 0 bridgehead atoms. The second-order valence-electron chi connectivity index (χ2n) is 5.51. The second kappa shape index (κ2) is 6.11. The summed E-state index contributed by atoms with van der Waals surface area (Å²) in [6.07, 6.45) is 0. The van der Waals surface area contributed by atoms with Gasteiger partial charge in [0.25, 0.3) is 11.6 Å². The van der Waals surface area contributed by atoms with E-state index in [1.54, 1.807) is 43.3 Å². The third-order valence-corrected chi connectivity index (χ3v) is 3.97. The summed E-state index contributed by atoms with van der Waals surface area (Å²) in [6.45, 7) is 1.77. The molecule has 1 saturated heterocycles. The second-order valence-corrected chi connectivity index (χ2v) is 5.51. The molecule has 0 aromatic heterocycles. The molecule has 0 radical (unpaired) electrons. The van der Waals surface area contributed by atoms with E-state index in [1.807, 2.05) is 6.07 Å². The van der Waals surface area contributed by atoms with Gasteiger partial charge in [-0.05, 0) is 24.6 Å². The van der Waals surface area contributed by atoms with Crippen molar-refractivity contribution in [1.82, 2.24) is 4.90 Å². The van der Waals surface area contributed by atoms with Crippen LogP contribution >= 0.6 is 0 Å². The molecule has 3 amide bonds. The number of nitro benzene ring substituents is 1. The first kappa shape index (κ1) is 15.7. The van der Waals surface area contributed by atoms with Crippen LogP contribution < -0.4 is 4.90 Å². The molecular weight excluding hydrogens is 310 g/mol. The van der Waals surface area contributed by atoms with Gasteiger partial charge < -0.3 is 0 Å². The molecular formula is C17H15N3O4. The Morgan fingerprint density at radius 2 is 1.67 bits per heavy atom. The minimum Gasteiger partial charge on any atom is -0.282 e. The SMILES string of the molecule is C[C@@H]1C(=O)N(Cc2ccc([N+](=O)[O-])cc2)C(=O)N1c1ccccc1. The minimum atomic E-state index is -0.585. The standard InChI is InChI=1S/C17H15N3O4/c1-12-16(21)18(11-13-7-9-15(10-8-13)20(23)24)17(22)19(12)14-5-3-2-4-6-14/h2-10,12H,11H2,1H3/t12-/m1/s1. The minimum absolute atomic E-state index is 0.0305. The fourth-order valence-electron chi connectivity index (χ4n) is 2.70. The first-order valence-electron chi connectivity index (χ1n) is 7.42. The molecule has 0 saturated carbocycles. The highest BCUT2D eigenvalue weighted by Crippen LogP contribution is 2.27. The van der Waals surface area contributed by atoms with E-state index >= 15 is 0 Å². The van der Waals surface area contributed by atoms with Crippen LogP contribution in [0.2, 0.25) is 0 Å². The molecule has 0 spiro atoms. The van der Waals surface area contributed by atoms with Crippen LogP contribution in [0.25, 0.3) is 0 Å². The number of hydrogen-bond donors (Lipinski definition) is 0. The summed E-state index contributed by atoms with van der Waals surface area (Å²) in [7, 11) is 0. The average molecular weight is 325 g/mol. The molecule has 0 unspecified atom stereocenters. The van der Waals surface area contributed by atoms with Gasteiger partial charge in [-0.25, -0.2) is 4.79 Å². The quantitative estimate of drug-likeness (QED) is 0.491. The molecule has 24 heavy (non-hydrogen) atoms. The summed E-state index contributed by atoms with van der Waals surface area (Å²) in [5.74, 6) is -0.290. The van der Waals surface area contributed by atoms with E-state index < -0.39 is 17.0 Å². The normalized spacial score (nSPS) is 17.5. The monoisotopic (exact) mass is 325 g/mol. The number of imide groups is 1. The average Bonchev–Trinajstić information content (AvgIpc) is 2.80. The molecule has 1 aliphatic heterocycles. The predicted molar refractivity (Wildman–Crippen MR) is 87.4 cm³/mol. The molecule has 122 valence electrons. The molecule has 1 fully saturated rings. The number of nitro groups is 1. The number of nitrogens with zero attached hydrogens (tertiary/aromatic N) is 3. The maximum absolute atomic E-state index is 12.6. The van der Waals surface area contributed by atoms with Crippen molar-refractivity contribution in [2.24, 2.45) is 0 Å². The van der Waals surface area contributed by atoms with Crippen LogP contribution in [-0.2, 0) is 11.3 Å². The van der Waals surface area contributed by atoms with Crippen molar-refractivity contribution in [1.29, 1.82) is 0 Å². The molecule has 1 aliphatic rings.